The molecule has 146 valence electrons. The van der Waals surface area contributed by atoms with Crippen LogP contribution in [0.4, 0.5) is 5.69 Å². The van der Waals surface area contributed by atoms with Gasteiger partial charge in [-0.25, -0.2) is 0 Å². The zero-order valence-electron chi connectivity index (χ0n) is 15.1. The van der Waals surface area contributed by atoms with Gasteiger partial charge in [0.05, 0.1) is 21.8 Å². The average Bonchev–Trinajstić information content (AvgIpc) is 2.73. The molecule has 0 saturated carbocycles. The first-order valence-electron chi connectivity index (χ1n) is 8.83. The normalized spacial score (nSPS) is 12.3. The van der Waals surface area contributed by atoms with Crippen LogP contribution < -0.4 is 14.8 Å². The molecule has 0 aliphatic carbocycles. The maximum Gasteiger partial charge on any atom is 0.257 e. The van der Waals surface area contributed by atoms with E-state index in [1.165, 1.54) is 0 Å². The molecule has 1 aliphatic rings. The van der Waals surface area contributed by atoms with Crippen LogP contribution in [-0.2, 0) is 0 Å². The molecular weight excluding hydrogens is 458 g/mol. The lowest BCUT2D eigenvalue weighted by molar-refractivity contribution is 0.102. The highest BCUT2D eigenvalue weighted by Gasteiger charge is 2.23. The van der Waals surface area contributed by atoms with Gasteiger partial charge < -0.3 is 14.8 Å². The van der Waals surface area contributed by atoms with E-state index in [1.54, 1.807) is 54.6 Å². The molecule has 0 saturated heterocycles. The lowest BCUT2D eigenvalue weighted by Crippen LogP contribution is -2.19. The molecule has 1 heterocycles. The first kappa shape index (κ1) is 19.5. The van der Waals surface area contributed by atoms with E-state index in [1.807, 2.05) is 6.07 Å². The van der Waals surface area contributed by atoms with E-state index in [2.05, 4.69) is 21.2 Å². The third kappa shape index (κ3) is 3.99. The van der Waals surface area contributed by atoms with Gasteiger partial charge in [0.2, 0.25) is 0 Å². The van der Waals surface area contributed by atoms with Crippen molar-refractivity contribution in [3.8, 4) is 11.5 Å². The summed E-state index contributed by atoms with van der Waals surface area (Å²) in [5, 5.41) is 3.11. The number of rotatable bonds is 4. The van der Waals surface area contributed by atoms with Gasteiger partial charge in [-0.05, 0) is 30.3 Å². The van der Waals surface area contributed by atoms with Crippen LogP contribution in [0.5, 0.6) is 11.5 Å². The Morgan fingerprint density at radius 2 is 1.48 bits per heavy atom. The SMILES string of the molecule is O=C(Nc1cc2c(cc1C(=O)c1ccccc1Br)OCCO2)c1ccccc1Cl. The van der Waals surface area contributed by atoms with Gasteiger partial charge in [-0.3, -0.25) is 9.59 Å². The summed E-state index contributed by atoms with van der Waals surface area (Å²) in [6.45, 7) is 0.781. The van der Waals surface area contributed by atoms with Gasteiger partial charge in [-0.15, -0.1) is 0 Å². The Labute approximate surface area is 180 Å². The summed E-state index contributed by atoms with van der Waals surface area (Å²) in [7, 11) is 0. The summed E-state index contributed by atoms with van der Waals surface area (Å²) in [5.74, 6) is 0.245. The van der Waals surface area contributed by atoms with Crippen LogP contribution in [0.25, 0.3) is 0 Å². The van der Waals surface area contributed by atoms with Crippen molar-refractivity contribution in [1.29, 1.82) is 0 Å². The van der Waals surface area contributed by atoms with Gasteiger partial charge in [0, 0.05) is 16.1 Å². The Hall–Kier alpha value is -2.83. The summed E-state index contributed by atoms with van der Waals surface area (Å²) in [4.78, 5) is 26.0. The predicted octanol–water partition coefficient (Wildman–Crippen LogP) is 5.36. The largest absolute Gasteiger partial charge is 0.486 e. The minimum absolute atomic E-state index is 0.260. The van der Waals surface area contributed by atoms with Crippen molar-refractivity contribution < 1.29 is 19.1 Å². The minimum Gasteiger partial charge on any atom is -0.486 e. The van der Waals surface area contributed by atoms with Crippen molar-refractivity contribution in [3.63, 3.8) is 0 Å². The molecule has 0 aromatic heterocycles. The number of hydrogen-bond acceptors (Lipinski definition) is 4. The van der Waals surface area contributed by atoms with Crippen LogP contribution in [-0.4, -0.2) is 24.9 Å². The number of halogens is 2. The first-order chi connectivity index (χ1) is 14.0. The summed E-state index contributed by atoms with van der Waals surface area (Å²) in [6.07, 6.45) is 0. The van der Waals surface area contributed by atoms with Gasteiger partial charge >= 0.3 is 0 Å². The highest BCUT2D eigenvalue weighted by atomic mass is 79.9. The maximum absolute atomic E-state index is 13.3. The summed E-state index contributed by atoms with van der Waals surface area (Å²) >= 11 is 9.55. The molecule has 3 aromatic carbocycles. The van der Waals surface area contributed by atoms with Gasteiger partial charge in [-0.1, -0.05) is 51.8 Å². The quantitative estimate of drug-likeness (QED) is 0.519. The molecule has 5 nitrogen and oxygen atoms in total. The highest BCUT2D eigenvalue weighted by molar-refractivity contribution is 9.10. The molecule has 0 atom stereocenters. The number of amides is 1. The first-order valence-corrected chi connectivity index (χ1v) is 10.0. The van der Waals surface area contributed by atoms with Crippen molar-refractivity contribution in [1.82, 2.24) is 0 Å². The fourth-order valence-electron chi connectivity index (χ4n) is 3.01. The monoisotopic (exact) mass is 471 g/mol. The number of benzene rings is 3. The van der Waals surface area contributed by atoms with Gasteiger partial charge in [-0.2, -0.15) is 0 Å². The molecule has 1 amide bonds. The van der Waals surface area contributed by atoms with E-state index in [9.17, 15) is 9.59 Å². The zero-order chi connectivity index (χ0) is 20.4. The molecule has 4 rings (SSSR count). The minimum atomic E-state index is -0.423. The van der Waals surface area contributed by atoms with Crippen molar-refractivity contribution in [3.05, 3.63) is 86.8 Å². The molecule has 3 aromatic rings. The van der Waals surface area contributed by atoms with Crippen LogP contribution in [0, 0.1) is 0 Å². The van der Waals surface area contributed by atoms with E-state index < -0.39 is 5.91 Å². The molecule has 0 radical (unpaired) electrons. The van der Waals surface area contributed by atoms with Crippen molar-refractivity contribution >= 4 is 44.9 Å². The second-order valence-corrected chi connectivity index (χ2v) is 7.55. The standard InChI is InChI=1S/C22H15BrClNO4/c23-16-7-3-1-5-13(16)21(26)15-11-19-20(29-10-9-28-19)12-18(15)25-22(27)14-6-2-4-8-17(14)24/h1-8,11-12H,9-10H2,(H,25,27). The summed E-state index contributed by atoms with van der Waals surface area (Å²) < 4.78 is 11.9. The van der Waals surface area contributed by atoms with E-state index in [4.69, 9.17) is 21.1 Å². The molecule has 1 N–H and O–H groups in total. The van der Waals surface area contributed by atoms with Gasteiger partial charge in [0.1, 0.15) is 13.2 Å². The molecule has 0 spiro atoms. The fraction of sp³-hybridized carbons (Fsp3) is 0.0909. The topological polar surface area (TPSA) is 64.6 Å². The van der Waals surface area contributed by atoms with E-state index in [-0.39, 0.29) is 5.78 Å². The zero-order valence-corrected chi connectivity index (χ0v) is 17.4. The Morgan fingerprint density at radius 1 is 0.862 bits per heavy atom. The number of nitrogens with one attached hydrogen (secondary N) is 1. The highest BCUT2D eigenvalue weighted by Crippen LogP contribution is 2.37. The number of hydrogen-bond donors (Lipinski definition) is 1. The molecule has 29 heavy (non-hydrogen) atoms. The summed E-state index contributed by atoms with van der Waals surface area (Å²) in [5.41, 5.74) is 1.39. The summed E-state index contributed by atoms with van der Waals surface area (Å²) in [6, 6.07) is 17.0. The molecule has 0 bridgehead atoms. The second-order valence-electron chi connectivity index (χ2n) is 6.28. The van der Waals surface area contributed by atoms with E-state index in [0.717, 1.165) is 0 Å². The van der Waals surface area contributed by atoms with Crippen molar-refractivity contribution in [2.45, 2.75) is 0 Å². The van der Waals surface area contributed by atoms with Crippen LogP contribution in [0.3, 0.4) is 0 Å². The lowest BCUT2D eigenvalue weighted by Gasteiger charge is -2.21. The molecule has 0 fully saturated rings. The second kappa shape index (κ2) is 8.27. The van der Waals surface area contributed by atoms with Crippen LogP contribution in [0.1, 0.15) is 26.3 Å². The Kier molecular flexibility index (Phi) is 5.56. The van der Waals surface area contributed by atoms with E-state index in [0.29, 0.717) is 56.6 Å². The Bertz CT molecular complexity index is 1120. The number of carbonyl (C=O) groups excluding carboxylic acids is 2. The van der Waals surface area contributed by atoms with Crippen LogP contribution >= 0.6 is 27.5 Å². The van der Waals surface area contributed by atoms with Crippen LogP contribution in [0.15, 0.2) is 65.1 Å². The molecule has 1 aliphatic heterocycles. The Morgan fingerprint density at radius 3 is 2.17 bits per heavy atom. The smallest absolute Gasteiger partial charge is 0.257 e. The lowest BCUT2D eigenvalue weighted by atomic mass is 10.0. The third-order valence-corrected chi connectivity index (χ3v) is 5.43. The maximum atomic E-state index is 13.3. The number of fused-ring (bicyclic) bond motifs is 1. The van der Waals surface area contributed by atoms with Gasteiger partial charge in [0.15, 0.2) is 17.3 Å². The van der Waals surface area contributed by atoms with Gasteiger partial charge in [0.25, 0.3) is 5.91 Å². The molecule has 7 heteroatoms. The number of ether oxygens (including phenoxy) is 2. The number of anilines is 1. The van der Waals surface area contributed by atoms with Crippen LogP contribution in [0.2, 0.25) is 5.02 Å². The average molecular weight is 473 g/mol. The molecular formula is C22H15BrClNO4. The number of ketones is 1. The predicted molar refractivity (Wildman–Crippen MR) is 114 cm³/mol. The fourth-order valence-corrected chi connectivity index (χ4v) is 3.69. The van der Waals surface area contributed by atoms with Crippen molar-refractivity contribution in [2.24, 2.45) is 0 Å². The molecule has 0 unspecified atom stereocenters. The number of carbonyl (C=O) groups is 2. The third-order valence-electron chi connectivity index (χ3n) is 4.41. The Balaban J connectivity index is 1.78. The van der Waals surface area contributed by atoms with Crippen molar-refractivity contribution in [2.75, 3.05) is 18.5 Å². The van der Waals surface area contributed by atoms with E-state index >= 15 is 0 Å².